The second kappa shape index (κ2) is 10.9. The van der Waals surface area contributed by atoms with Crippen molar-refractivity contribution in [3.8, 4) is 0 Å². The molecule has 2 rings (SSSR count). The van der Waals surface area contributed by atoms with Gasteiger partial charge in [0.1, 0.15) is 0 Å². The summed E-state index contributed by atoms with van der Waals surface area (Å²) < 4.78 is 7.42. The molecule has 132 valence electrons. The van der Waals surface area contributed by atoms with Crippen LogP contribution < -0.4 is 10.6 Å². The van der Waals surface area contributed by atoms with E-state index >= 15 is 0 Å². The molecule has 5 nitrogen and oxygen atoms in total. The van der Waals surface area contributed by atoms with Gasteiger partial charge in [0, 0.05) is 52.3 Å². The maximum absolute atomic E-state index is 5.25. The summed E-state index contributed by atoms with van der Waals surface area (Å²) in [6, 6.07) is 4.10. The van der Waals surface area contributed by atoms with Crippen molar-refractivity contribution in [2.75, 3.05) is 33.4 Å². The first-order chi connectivity index (χ1) is 10.8. The highest BCUT2D eigenvalue weighted by Crippen LogP contribution is 2.44. The predicted molar refractivity (Wildman–Crippen MR) is 107 cm³/mol. The number of guanidine groups is 1. The van der Waals surface area contributed by atoms with Crippen LogP contribution in [0.15, 0.2) is 29.5 Å². The van der Waals surface area contributed by atoms with Gasteiger partial charge in [-0.15, -0.1) is 24.0 Å². The lowest BCUT2D eigenvalue weighted by molar-refractivity contribution is 0.0778. The number of halogens is 1. The van der Waals surface area contributed by atoms with E-state index < -0.39 is 0 Å². The number of ether oxygens (including phenoxy) is 1. The lowest BCUT2D eigenvalue weighted by atomic mass is 9.67. The molecule has 1 saturated carbocycles. The highest BCUT2D eigenvalue weighted by atomic mass is 127. The summed E-state index contributed by atoms with van der Waals surface area (Å²) in [5, 5.41) is 6.76. The fourth-order valence-electron chi connectivity index (χ4n) is 2.89. The first-order valence-corrected chi connectivity index (χ1v) is 8.40. The van der Waals surface area contributed by atoms with Gasteiger partial charge in [0.05, 0.1) is 0 Å². The zero-order valence-corrected chi connectivity index (χ0v) is 16.7. The number of nitrogens with one attached hydrogen (secondary N) is 2. The topological polar surface area (TPSA) is 50.6 Å². The van der Waals surface area contributed by atoms with E-state index in [9.17, 15) is 0 Å². The number of rotatable bonds is 9. The van der Waals surface area contributed by atoms with Crippen LogP contribution in [0.2, 0.25) is 0 Å². The monoisotopic (exact) mass is 434 g/mol. The molecule has 0 saturated heterocycles. The molecule has 1 fully saturated rings. The van der Waals surface area contributed by atoms with Gasteiger partial charge in [-0.25, -0.2) is 0 Å². The molecule has 1 aliphatic carbocycles. The van der Waals surface area contributed by atoms with Crippen molar-refractivity contribution in [3.63, 3.8) is 0 Å². The van der Waals surface area contributed by atoms with Gasteiger partial charge in [0.15, 0.2) is 5.96 Å². The summed E-state index contributed by atoms with van der Waals surface area (Å²) in [7, 11) is 1.78. The minimum Gasteiger partial charge on any atom is -0.385 e. The fourth-order valence-corrected chi connectivity index (χ4v) is 2.89. The van der Waals surface area contributed by atoms with E-state index in [0.29, 0.717) is 5.41 Å². The number of nitrogens with zero attached hydrogens (tertiary/aromatic N) is 2. The largest absolute Gasteiger partial charge is 0.385 e. The normalized spacial score (nSPS) is 16.3. The molecule has 0 atom stereocenters. The Labute approximate surface area is 157 Å². The standard InChI is InChI=1S/C17H30N4O.HI/c1-3-18-16(19-10-13-21-11-4-5-12-21)20-15-17(7-6-8-17)9-14-22-2;/h4-5,11-12H,3,6-10,13-15H2,1-2H3,(H2,18,19,20);1H. The minimum absolute atomic E-state index is 0. The van der Waals surface area contributed by atoms with Gasteiger partial charge < -0.3 is 19.9 Å². The predicted octanol–water partition coefficient (Wildman–Crippen LogP) is 2.87. The zero-order chi connectivity index (χ0) is 15.7. The summed E-state index contributed by atoms with van der Waals surface area (Å²) in [6.07, 6.45) is 9.18. The maximum Gasteiger partial charge on any atom is 0.191 e. The van der Waals surface area contributed by atoms with E-state index in [1.54, 1.807) is 7.11 Å². The molecule has 0 unspecified atom stereocenters. The number of aromatic nitrogens is 1. The van der Waals surface area contributed by atoms with Crippen molar-refractivity contribution in [3.05, 3.63) is 24.5 Å². The third kappa shape index (κ3) is 6.71. The number of methoxy groups -OCH3 is 1. The van der Waals surface area contributed by atoms with Crippen LogP contribution in [0.1, 0.15) is 32.6 Å². The van der Waals surface area contributed by atoms with Crippen LogP contribution in [0.5, 0.6) is 0 Å². The number of aliphatic imine (C=N–C) groups is 1. The van der Waals surface area contributed by atoms with E-state index in [1.165, 1.54) is 19.3 Å². The Balaban J connectivity index is 0.00000264. The van der Waals surface area contributed by atoms with Crippen LogP contribution >= 0.6 is 24.0 Å². The van der Waals surface area contributed by atoms with Gasteiger partial charge in [-0.3, -0.25) is 4.99 Å². The first-order valence-electron chi connectivity index (χ1n) is 8.40. The van der Waals surface area contributed by atoms with Crippen molar-refractivity contribution >= 4 is 29.9 Å². The molecule has 0 aliphatic heterocycles. The Morgan fingerprint density at radius 1 is 1.26 bits per heavy atom. The summed E-state index contributed by atoms with van der Waals surface area (Å²) in [5.41, 5.74) is 0.374. The quantitative estimate of drug-likeness (QED) is 0.357. The van der Waals surface area contributed by atoms with E-state index in [1.807, 2.05) is 0 Å². The third-order valence-corrected chi connectivity index (χ3v) is 4.50. The van der Waals surface area contributed by atoms with Crippen molar-refractivity contribution in [2.24, 2.45) is 10.4 Å². The Bertz CT molecular complexity index is 443. The van der Waals surface area contributed by atoms with Gasteiger partial charge in [-0.2, -0.15) is 0 Å². The maximum atomic E-state index is 5.25. The molecular weight excluding hydrogens is 403 g/mol. The van der Waals surface area contributed by atoms with Crippen LogP contribution in [0.3, 0.4) is 0 Å². The molecule has 0 bridgehead atoms. The van der Waals surface area contributed by atoms with E-state index in [4.69, 9.17) is 9.73 Å². The SMILES string of the molecule is CCNC(=NCC1(CCOC)CCC1)NCCn1cccc1.I. The Hall–Kier alpha value is -0.760. The van der Waals surface area contributed by atoms with E-state index in [0.717, 1.165) is 45.2 Å². The van der Waals surface area contributed by atoms with Crippen LogP contribution in [-0.4, -0.2) is 43.9 Å². The van der Waals surface area contributed by atoms with Crippen molar-refractivity contribution in [2.45, 2.75) is 39.2 Å². The summed E-state index contributed by atoms with van der Waals surface area (Å²) in [5.74, 6) is 0.929. The van der Waals surface area contributed by atoms with Crippen LogP contribution in [0, 0.1) is 5.41 Å². The second-order valence-electron chi connectivity index (χ2n) is 6.14. The van der Waals surface area contributed by atoms with Crippen LogP contribution in [0.25, 0.3) is 0 Å². The lowest BCUT2D eigenvalue weighted by Gasteiger charge is -2.40. The second-order valence-corrected chi connectivity index (χ2v) is 6.14. The molecule has 1 aliphatic rings. The summed E-state index contributed by atoms with van der Waals surface area (Å²) in [4.78, 5) is 4.81. The molecule has 0 radical (unpaired) electrons. The average Bonchev–Trinajstić information content (AvgIpc) is 2.99. The van der Waals surface area contributed by atoms with Gasteiger partial charge in [-0.1, -0.05) is 6.42 Å². The first kappa shape index (κ1) is 20.3. The molecule has 1 heterocycles. The highest BCUT2D eigenvalue weighted by Gasteiger charge is 2.36. The molecule has 6 heteroatoms. The van der Waals surface area contributed by atoms with Crippen molar-refractivity contribution in [1.29, 1.82) is 0 Å². The van der Waals surface area contributed by atoms with Crippen LogP contribution in [0.4, 0.5) is 0 Å². The molecule has 2 N–H and O–H groups in total. The lowest BCUT2D eigenvalue weighted by Crippen LogP contribution is -2.41. The molecule has 0 amide bonds. The molecular formula is C17H31IN4O. The molecule has 1 aromatic heterocycles. The molecule has 0 spiro atoms. The minimum atomic E-state index is 0. The number of hydrogen-bond acceptors (Lipinski definition) is 2. The molecule has 23 heavy (non-hydrogen) atoms. The van der Waals surface area contributed by atoms with Gasteiger partial charge in [0.25, 0.3) is 0 Å². The molecule has 1 aromatic rings. The Morgan fingerprint density at radius 2 is 2.00 bits per heavy atom. The Kier molecular flexibility index (Phi) is 9.62. The van der Waals surface area contributed by atoms with Gasteiger partial charge in [0.2, 0.25) is 0 Å². The fraction of sp³-hybridized carbons (Fsp3) is 0.706. The highest BCUT2D eigenvalue weighted by molar-refractivity contribution is 14.0. The zero-order valence-electron chi connectivity index (χ0n) is 14.4. The summed E-state index contributed by atoms with van der Waals surface area (Å²) in [6.45, 7) is 6.56. The summed E-state index contributed by atoms with van der Waals surface area (Å²) >= 11 is 0. The smallest absolute Gasteiger partial charge is 0.191 e. The Morgan fingerprint density at radius 3 is 2.57 bits per heavy atom. The van der Waals surface area contributed by atoms with E-state index in [-0.39, 0.29) is 24.0 Å². The van der Waals surface area contributed by atoms with E-state index in [2.05, 4.69) is 46.7 Å². The average molecular weight is 434 g/mol. The van der Waals surface area contributed by atoms with Crippen molar-refractivity contribution < 1.29 is 4.74 Å². The van der Waals surface area contributed by atoms with Gasteiger partial charge >= 0.3 is 0 Å². The van der Waals surface area contributed by atoms with Crippen molar-refractivity contribution in [1.82, 2.24) is 15.2 Å². The van der Waals surface area contributed by atoms with Gasteiger partial charge in [-0.05, 0) is 43.7 Å². The third-order valence-electron chi connectivity index (χ3n) is 4.50. The molecule has 0 aromatic carbocycles. The van der Waals surface area contributed by atoms with Crippen LogP contribution in [-0.2, 0) is 11.3 Å². The number of hydrogen-bond donors (Lipinski definition) is 2.